The second kappa shape index (κ2) is 12.4. The number of nitrogens with zero attached hydrogens (tertiary/aromatic N) is 4. The van der Waals surface area contributed by atoms with Crippen molar-refractivity contribution in [3.63, 3.8) is 0 Å². The largest absolute Gasteiger partial charge is 0.310 e. The van der Waals surface area contributed by atoms with Gasteiger partial charge in [0.05, 0.1) is 22.4 Å². The lowest BCUT2D eigenvalue weighted by Crippen LogP contribution is -2.32. The number of hydrogen-bond donors (Lipinski definition) is 0. The SMILES string of the molecule is CC1(C)c2ccccc2N(c2ccccc2)c2ccc3c(c21)-c1ccccc1C31c2ccccc2-c2ccc(-c3nc(-c4c#cccc4)nc(-c4ccccc4)n3)cc21. The van der Waals surface area contributed by atoms with Gasteiger partial charge in [-0.1, -0.05) is 166 Å². The first-order valence-corrected chi connectivity index (χ1v) is 20.2. The Kier molecular flexibility index (Phi) is 7.07. The zero-order valence-corrected chi connectivity index (χ0v) is 32.6. The summed E-state index contributed by atoms with van der Waals surface area (Å²) in [6, 6.07) is 71.6. The summed E-state index contributed by atoms with van der Waals surface area (Å²) in [6.07, 6.45) is 0. The van der Waals surface area contributed by atoms with Gasteiger partial charge in [0.1, 0.15) is 0 Å². The molecule has 276 valence electrons. The van der Waals surface area contributed by atoms with Crippen LogP contribution < -0.4 is 4.90 Å². The summed E-state index contributed by atoms with van der Waals surface area (Å²) in [7, 11) is 0. The van der Waals surface area contributed by atoms with E-state index >= 15 is 0 Å². The van der Waals surface area contributed by atoms with Crippen LogP contribution in [0.15, 0.2) is 182 Å². The van der Waals surface area contributed by atoms with Crippen LogP contribution in [0.4, 0.5) is 17.1 Å². The topological polar surface area (TPSA) is 41.9 Å². The van der Waals surface area contributed by atoms with Crippen molar-refractivity contribution in [2.24, 2.45) is 0 Å². The third kappa shape index (κ3) is 4.64. The molecule has 3 aliphatic rings. The normalized spacial score (nSPS) is 16.0. The molecule has 1 atom stereocenters. The van der Waals surface area contributed by atoms with Gasteiger partial charge >= 0.3 is 0 Å². The molecule has 0 bridgehead atoms. The molecule has 0 amide bonds. The number of benzene rings is 7. The van der Waals surface area contributed by atoms with Crippen molar-refractivity contribution in [1.29, 1.82) is 0 Å². The van der Waals surface area contributed by atoms with Crippen molar-refractivity contribution in [2.45, 2.75) is 24.7 Å². The summed E-state index contributed by atoms with van der Waals surface area (Å²) >= 11 is 0. The van der Waals surface area contributed by atoms with Crippen molar-refractivity contribution in [3.8, 4) is 56.4 Å². The van der Waals surface area contributed by atoms with Gasteiger partial charge in [-0.05, 0) is 98.1 Å². The molecule has 0 saturated carbocycles. The molecular weight excluding hydrogens is 717 g/mol. The minimum Gasteiger partial charge on any atom is -0.310 e. The summed E-state index contributed by atoms with van der Waals surface area (Å²) in [4.78, 5) is 17.7. The van der Waals surface area contributed by atoms with Crippen molar-refractivity contribution in [1.82, 2.24) is 15.0 Å². The lowest BCUT2D eigenvalue weighted by molar-refractivity contribution is 0.632. The minimum atomic E-state index is -0.576. The fourth-order valence-electron chi connectivity index (χ4n) is 10.3. The summed E-state index contributed by atoms with van der Waals surface area (Å²) in [5.74, 6) is 1.81. The molecule has 12 rings (SSSR count). The Balaban J connectivity index is 1.14. The molecule has 0 N–H and O–H groups in total. The van der Waals surface area contributed by atoms with Crippen LogP contribution in [0.3, 0.4) is 0 Å². The molecule has 1 unspecified atom stereocenters. The fraction of sp³-hybridized carbons (Fsp3) is 0.0727. The highest BCUT2D eigenvalue weighted by molar-refractivity contribution is 6.00. The van der Waals surface area contributed by atoms with Gasteiger partial charge in [0, 0.05) is 22.2 Å². The van der Waals surface area contributed by atoms with Crippen LogP contribution in [0.5, 0.6) is 0 Å². The Labute approximate surface area is 344 Å². The molecule has 4 nitrogen and oxygen atoms in total. The first-order chi connectivity index (χ1) is 29.0. The van der Waals surface area contributed by atoms with Crippen LogP contribution >= 0.6 is 0 Å². The highest BCUT2D eigenvalue weighted by Gasteiger charge is 2.54. The van der Waals surface area contributed by atoms with Crippen molar-refractivity contribution in [3.05, 3.63) is 228 Å². The molecule has 0 radical (unpaired) electrons. The molecule has 9 aromatic rings. The Morgan fingerprint density at radius 1 is 0.458 bits per heavy atom. The molecule has 4 heteroatoms. The molecule has 8 aromatic carbocycles. The van der Waals surface area contributed by atoms with E-state index in [0.29, 0.717) is 17.5 Å². The molecule has 0 saturated heterocycles. The Bertz CT molecular complexity index is 3080. The Morgan fingerprint density at radius 3 is 1.85 bits per heavy atom. The first kappa shape index (κ1) is 33.5. The van der Waals surface area contributed by atoms with E-state index in [1.54, 1.807) is 0 Å². The van der Waals surface area contributed by atoms with Crippen molar-refractivity contribution in [2.75, 3.05) is 4.90 Å². The monoisotopic (exact) mass is 752 g/mol. The van der Waals surface area contributed by atoms with Gasteiger partial charge in [-0.25, -0.2) is 15.0 Å². The van der Waals surface area contributed by atoms with E-state index in [1.165, 1.54) is 67.0 Å². The number of anilines is 3. The Morgan fingerprint density at radius 2 is 1.08 bits per heavy atom. The van der Waals surface area contributed by atoms with E-state index in [4.69, 9.17) is 15.0 Å². The molecule has 2 heterocycles. The van der Waals surface area contributed by atoms with Crippen LogP contribution in [-0.4, -0.2) is 15.0 Å². The van der Waals surface area contributed by atoms with Crippen LogP contribution in [0.2, 0.25) is 0 Å². The number of para-hydroxylation sites is 2. The molecule has 2 aliphatic carbocycles. The maximum atomic E-state index is 5.16. The summed E-state index contributed by atoms with van der Waals surface area (Å²) < 4.78 is 0. The van der Waals surface area contributed by atoms with Gasteiger partial charge in [-0.3, -0.25) is 0 Å². The average Bonchev–Trinajstić information content (AvgIpc) is 3.77. The van der Waals surface area contributed by atoms with Gasteiger partial charge in [0.25, 0.3) is 0 Å². The number of hydrogen-bond acceptors (Lipinski definition) is 4. The standard InChI is InChI=1S/C55H36N4/c1-54(2)44-28-16-17-29-47(44)59(38-22-10-5-11-23-38)48-33-32-45-49(50(48)54)41-25-13-15-27-43(41)55(45)42-26-14-12-24-39(42)40-31-30-37(34-46(40)55)53-57-51(35-18-6-3-7-19-35)56-52(58-53)36-20-8-4-9-21-36/h3-8,10-20,22-34H,1-2H3. The van der Waals surface area contributed by atoms with E-state index in [2.05, 4.69) is 164 Å². The maximum absolute atomic E-state index is 5.16. The zero-order valence-electron chi connectivity index (χ0n) is 32.6. The van der Waals surface area contributed by atoms with Crippen LogP contribution in [0, 0.1) is 12.1 Å². The van der Waals surface area contributed by atoms with Gasteiger partial charge in [0.15, 0.2) is 17.5 Å². The highest BCUT2D eigenvalue weighted by atomic mass is 15.2. The summed E-state index contributed by atoms with van der Waals surface area (Å²) in [5.41, 5.74) is 18.2. The van der Waals surface area contributed by atoms with E-state index < -0.39 is 5.41 Å². The Hall–Kier alpha value is -7.61. The number of rotatable bonds is 4. The van der Waals surface area contributed by atoms with Crippen molar-refractivity contribution < 1.29 is 0 Å². The molecule has 1 spiro atoms. The molecule has 59 heavy (non-hydrogen) atoms. The van der Waals surface area contributed by atoms with Gasteiger partial charge in [0.2, 0.25) is 0 Å². The highest BCUT2D eigenvalue weighted by Crippen LogP contribution is 2.66. The van der Waals surface area contributed by atoms with Gasteiger partial charge in [-0.15, -0.1) is 0 Å². The van der Waals surface area contributed by atoms with E-state index in [0.717, 1.165) is 22.4 Å². The zero-order chi connectivity index (χ0) is 39.3. The summed E-state index contributed by atoms with van der Waals surface area (Å²) in [6.45, 7) is 4.81. The van der Waals surface area contributed by atoms with E-state index in [9.17, 15) is 0 Å². The minimum absolute atomic E-state index is 0.301. The maximum Gasteiger partial charge on any atom is 0.172 e. The third-order valence-corrected chi connectivity index (χ3v) is 12.7. The predicted octanol–water partition coefficient (Wildman–Crippen LogP) is 12.9. The lowest BCUT2D eigenvalue weighted by atomic mass is 9.67. The number of fused-ring (bicyclic) bond motifs is 13. The second-order valence-electron chi connectivity index (χ2n) is 16.2. The smallest absolute Gasteiger partial charge is 0.172 e. The number of aromatic nitrogens is 3. The van der Waals surface area contributed by atoms with E-state index in [-0.39, 0.29) is 5.41 Å². The first-order valence-electron chi connectivity index (χ1n) is 20.2. The second-order valence-corrected chi connectivity index (χ2v) is 16.2. The quantitative estimate of drug-likeness (QED) is 0.180. The van der Waals surface area contributed by atoms with E-state index in [1.807, 2.05) is 48.5 Å². The molecule has 0 fully saturated rings. The van der Waals surface area contributed by atoms with Gasteiger partial charge in [-0.2, -0.15) is 0 Å². The molecule has 1 aromatic heterocycles. The fourth-order valence-corrected chi connectivity index (χ4v) is 10.3. The van der Waals surface area contributed by atoms with Gasteiger partial charge < -0.3 is 4.90 Å². The lowest BCUT2D eigenvalue weighted by Gasteiger charge is -2.43. The van der Waals surface area contributed by atoms with Crippen molar-refractivity contribution >= 4 is 17.1 Å². The van der Waals surface area contributed by atoms with Crippen LogP contribution in [-0.2, 0) is 10.8 Å². The third-order valence-electron chi connectivity index (χ3n) is 12.7. The van der Waals surface area contributed by atoms with Crippen LogP contribution in [0.1, 0.15) is 47.2 Å². The molecule has 1 aliphatic heterocycles. The summed E-state index contributed by atoms with van der Waals surface area (Å²) in [5, 5.41) is 0. The van der Waals surface area contributed by atoms with Crippen LogP contribution in [0.25, 0.3) is 56.4 Å². The average molecular weight is 753 g/mol. The molecular formula is C55H36N4. The predicted molar refractivity (Wildman–Crippen MR) is 237 cm³/mol.